The molecule has 0 aliphatic rings. The number of aromatic nitrogens is 1. The van der Waals surface area contributed by atoms with Crippen molar-refractivity contribution in [3.05, 3.63) is 16.1 Å². The van der Waals surface area contributed by atoms with Crippen LogP contribution in [0.25, 0.3) is 0 Å². The molecule has 5 nitrogen and oxygen atoms in total. The Morgan fingerprint density at radius 2 is 2.39 bits per heavy atom. The fraction of sp³-hybridized carbons (Fsp3) is 0.583. The standard InChI is InChI=1S/C12H18N4OS/c1-9(2)16(7-3-5-13)12(17)10-8-18-11(15-10)4-6-14/h8-9H,3-4,6-7,14H2,1-2H3. The van der Waals surface area contributed by atoms with Crippen LogP contribution in [0, 0.1) is 11.3 Å². The van der Waals surface area contributed by atoms with Gasteiger partial charge in [0.05, 0.1) is 17.5 Å². The van der Waals surface area contributed by atoms with E-state index in [0.717, 1.165) is 5.01 Å². The first-order valence-electron chi connectivity index (χ1n) is 5.92. The quantitative estimate of drug-likeness (QED) is 0.843. The molecular formula is C12H18N4OS. The molecular weight excluding hydrogens is 248 g/mol. The van der Waals surface area contributed by atoms with Crippen LogP contribution in [-0.2, 0) is 6.42 Å². The van der Waals surface area contributed by atoms with Gasteiger partial charge in [-0.3, -0.25) is 4.79 Å². The highest BCUT2D eigenvalue weighted by Gasteiger charge is 2.20. The maximum atomic E-state index is 12.2. The molecule has 0 atom stereocenters. The van der Waals surface area contributed by atoms with E-state index in [-0.39, 0.29) is 11.9 Å². The van der Waals surface area contributed by atoms with Gasteiger partial charge in [0.2, 0.25) is 0 Å². The highest BCUT2D eigenvalue weighted by Crippen LogP contribution is 2.14. The molecule has 0 aromatic carbocycles. The normalized spacial score (nSPS) is 10.4. The van der Waals surface area contributed by atoms with E-state index in [9.17, 15) is 4.79 Å². The molecule has 0 spiro atoms. The topological polar surface area (TPSA) is 83.0 Å². The summed E-state index contributed by atoms with van der Waals surface area (Å²) < 4.78 is 0. The molecule has 1 amide bonds. The molecule has 98 valence electrons. The molecule has 1 aromatic heterocycles. The number of hydrogen-bond donors (Lipinski definition) is 1. The fourth-order valence-electron chi connectivity index (χ4n) is 1.56. The fourth-order valence-corrected chi connectivity index (χ4v) is 2.35. The Morgan fingerprint density at radius 1 is 1.67 bits per heavy atom. The summed E-state index contributed by atoms with van der Waals surface area (Å²) in [5, 5.41) is 11.2. The van der Waals surface area contributed by atoms with Gasteiger partial charge in [-0.15, -0.1) is 11.3 Å². The van der Waals surface area contributed by atoms with Crippen LogP contribution in [0.2, 0.25) is 0 Å². The smallest absolute Gasteiger partial charge is 0.273 e. The summed E-state index contributed by atoms with van der Waals surface area (Å²) in [5.74, 6) is -0.111. The average molecular weight is 266 g/mol. The van der Waals surface area contributed by atoms with Crippen LogP contribution in [-0.4, -0.2) is 34.9 Å². The molecule has 2 N–H and O–H groups in total. The van der Waals surface area contributed by atoms with Gasteiger partial charge in [0.25, 0.3) is 5.91 Å². The maximum absolute atomic E-state index is 12.2. The molecule has 1 aromatic rings. The number of amides is 1. The second kappa shape index (κ2) is 7.09. The first-order chi connectivity index (χ1) is 8.60. The van der Waals surface area contributed by atoms with Gasteiger partial charge in [-0.05, 0) is 20.4 Å². The van der Waals surface area contributed by atoms with Crippen molar-refractivity contribution >= 4 is 17.2 Å². The first kappa shape index (κ1) is 14.6. The molecule has 0 aliphatic heterocycles. The van der Waals surface area contributed by atoms with E-state index in [1.165, 1.54) is 11.3 Å². The van der Waals surface area contributed by atoms with E-state index in [1.807, 2.05) is 13.8 Å². The number of thiazole rings is 1. The van der Waals surface area contributed by atoms with Crippen molar-refractivity contribution in [2.24, 2.45) is 5.73 Å². The molecule has 0 saturated heterocycles. The van der Waals surface area contributed by atoms with E-state index in [1.54, 1.807) is 10.3 Å². The third kappa shape index (κ3) is 3.79. The second-order valence-corrected chi connectivity index (χ2v) is 5.11. The van der Waals surface area contributed by atoms with Gasteiger partial charge in [0, 0.05) is 24.4 Å². The Labute approximate surface area is 111 Å². The van der Waals surface area contributed by atoms with E-state index in [2.05, 4.69) is 11.1 Å². The van der Waals surface area contributed by atoms with Crippen molar-refractivity contribution < 1.29 is 4.79 Å². The number of nitrogens with two attached hydrogens (primary N) is 1. The highest BCUT2D eigenvalue weighted by atomic mass is 32.1. The maximum Gasteiger partial charge on any atom is 0.273 e. The number of nitriles is 1. The third-order valence-electron chi connectivity index (χ3n) is 2.48. The van der Waals surface area contributed by atoms with E-state index < -0.39 is 0 Å². The minimum absolute atomic E-state index is 0.0607. The number of carbonyl (C=O) groups is 1. The zero-order chi connectivity index (χ0) is 13.5. The van der Waals surface area contributed by atoms with Crippen LogP contribution in [0.3, 0.4) is 0 Å². The highest BCUT2D eigenvalue weighted by molar-refractivity contribution is 7.09. The summed E-state index contributed by atoms with van der Waals surface area (Å²) in [6.07, 6.45) is 1.03. The van der Waals surface area contributed by atoms with Crippen LogP contribution in [0.15, 0.2) is 5.38 Å². The number of rotatable bonds is 6. The van der Waals surface area contributed by atoms with E-state index >= 15 is 0 Å². The van der Waals surface area contributed by atoms with Crippen molar-refractivity contribution in [2.45, 2.75) is 32.7 Å². The minimum atomic E-state index is -0.111. The van der Waals surface area contributed by atoms with Crippen molar-refractivity contribution in [2.75, 3.05) is 13.1 Å². The SMILES string of the molecule is CC(C)N(CCC#N)C(=O)c1csc(CCN)n1. The predicted molar refractivity (Wildman–Crippen MR) is 71.3 cm³/mol. The zero-order valence-corrected chi connectivity index (χ0v) is 11.5. The van der Waals surface area contributed by atoms with E-state index in [0.29, 0.717) is 31.6 Å². The van der Waals surface area contributed by atoms with Crippen LogP contribution < -0.4 is 5.73 Å². The molecule has 0 saturated carbocycles. The van der Waals surface area contributed by atoms with Crippen LogP contribution in [0.4, 0.5) is 0 Å². The van der Waals surface area contributed by atoms with Crippen LogP contribution >= 0.6 is 11.3 Å². The summed E-state index contributed by atoms with van der Waals surface area (Å²) in [7, 11) is 0. The Kier molecular flexibility index (Phi) is 5.75. The average Bonchev–Trinajstić information content (AvgIpc) is 2.78. The molecule has 0 aliphatic carbocycles. The molecule has 0 bridgehead atoms. The lowest BCUT2D eigenvalue weighted by Crippen LogP contribution is -2.37. The predicted octanol–water partition coefficient (Wildman–Crippen LogP) is 1.41. The van der Waals surface area contributed by atoms with Crippen molar-refractivity contribution in [3.8, 4) is 6.07 Å². The van der Waals surface area contributed by atoms with Crippen LogP contribution in [0.1, 0.15) is 35.8 Å². The summed E-state index contributed by atoms with van der Waals surface area (Å²) in [4.78, 5) is 18.2. The lowest BCUT2D eigenvalue weighted by molar-refractivity contribution is 0.0705. The Bertz CT molecular complexity index is 436. The molecule has 0 unspecified atom stereocenters. The number of nitrogens with zero attached hydrogens (tertiary/aromatic N) is 3. The van der Waals surface area contributed by atoms with Gasteiger partial charge in [0.15, 0.2) is 0 Å². The monoisotopic (exact) mass is 266 g/mol. The van der Waals surface area contributed by atoms with Gasteiger partial charge in [0.1, 0.15) is 5.69 Å². The first-order valence-corrected chi connectivity index (χ1v) is 6.80. The lowest BCUT2D eigenvalue weighted by atomic mass is 10.2. The Morgan fingerprint density at radius 3 is 2.94 bits per heavy atom. The second-order valence-electron chi connectivity index (χ2n) is 4.17. The van der Waals surface area contributed by atoms with Gasteiger partial charge >= 0.3 is 0 Å². The minimum Gasteiger partial charge on any atom is -0.334 e. The van der Waals surface area contributed by atoms with Crippen LogP contribution in [0.5, 0.6) is 0 Å². The summed E-state index contributed by atoms with van der Waals surface area (Å²) >= 11 is 1.45. The Hall–Kier alpha value is -1.45. The van der Waals surface area contributed by atoms with Crippen molar-refractivity contribution in [3.63, 3.8) is 0 Å². The molecule has 0 radical (unpaired) electrons. The largest absolute Gasteiger partial charge is 0.334 e. The van der Waals surface area contributed by atoms with E-state index in [4.69, 9.17) is 11.0 Å². The van der Waals surface area contributed by atoms with Crippen molar-refractivity contribution in [1.29, 1.82) is 5.26 Å². The molecule has 1 rings (SSSR count). The summed E-state index contributed by atoms with van der Waals surface area (Å²) in [5.41, 5.74) is 5.91. The van der Waals surface area contributed by atoms with Gasteiger partial charge in [-0.1, -0.05) is 0 Å². The lowest BCUT2D eigenvalue weighted by Gasteiger charge is -2.24. The zero-order valence-electron chi connectivity index (χ0n) is 10.7. The third-order valence-corrected chi connectivity index (χ3v) is 3.39. The Balaban J connectivity index is 2.78. The van der Waals surface area contributed by atoms with Crippen molar-refractivity contribution in [1.82, 2.24) is 9.88 Å². The van der Waals surface area contributed by atoms with Gasteiger partial charge in [-0.2, -0.15) is 5.26 Å². The molecule has 1 heterocycles. The van der Waals surface area contributed by atoms with Gasteiger partial charge in [-0.25, -0.2) is 4.98 Å². The van der Waals surface area contributed by atoms with Gasteiger partial charge < -0.3 is 10.6 Å². The summed E-state index contributed by atoms with van der Waals surface area (Å²) in [6.45, 7) is 4.84. The molecule has 0 fully saturated rings. The molecule has 6 heteroatoms. The number of hydrogen-bond acceptors (Lipinski definition) is 5. The number of carbonyl (C=O) groups excluding carboxylic acids is 1. The summed E-state index contributed by atoms with van der Waals surface area (Å²) in [6, 6.07) is 2.12. The molecule has 18 heavy (non-hydrogen) atoms.